The third-order valence-electron chi connectivity index (χ3n) is 4.32. The smallest absolute Gasteiger partial charge is 0.223 e. The van der Waals surface area contributed by atoms with E-state index in [4.69, 9.17) is 0 Å². The van der Waals surface area contributed by atoms with Crippen LogP contribution in [0.1, 0.15) is 37.8 Å². The molecule has 0 bridgehead atoms. The second-order valence-corrected chi connectivity index (χ2v) is 6.24. The standard InChI is InChI=1S/C18H27N3O2/c1-15(16-7-4-3-5-8-16)19-17(22)9-10-18(23)21-12-6-11-20(2)13-14-21/h3-5,7-8,15H,6,9-14H2,1-2H3,(H,19,22). The van der Waals surface area contributed by atoms with Crippen molar-refractivity contribution in [3.63, 3.8) is 0 Å². The van der Waals surface area contributed by atoms with Crippen molar-refractivity contribution in [2.45, 2.75) is 32.2 Å². The van der Waals surface area contributed by atoms with Crippen molar-refractivity contribution in [2.75, 3.05) is 33.2 Å². The molecule has 5 heteroatoms. The molecule has 0 spiro atoms. The van der Waals surface area contributed by atoms with Gasteiger partial charge in [0.15, 0.2) is 0 Å². The largest absolute Gasteiger partial charge is 0.350 e. The summed E-state index contributed by atoms with van der Waals surface area (Å²) in [5.74, 6) is 0.0180. The summed E-state index contributed by atoms with van der Waals surface area (Å²) in [5, 5.41) is 2.96. The normalized spacial score (nSPS) is 17.4. The van der Waals surface area contributed by atoms with Crippen LogP contribution in [0.15, 0.2) is 30.3 Å². The highest BCUT2D eigenvalue weighted by Gasteiger charge is 2.18. The molecule has 1 aliphatic rings. The molecule has 1 fully saturated rings. The molecule has 5 nitrogen and oxygen atoms in total. The maximum absolute atomic E-state index is 12.2. The lowest BCUT2D eigenvalue weighted by Gasteiger charge is -2.20. The van der Waals surface area contributed by atoms with E-state index in [1.54, 1.807) is 0 Å². The minimum absolute atomic E-state index is 0.0364. The predicted octanol–water partition coefficient (Wildman–Crippen LogP) is 1.81. The maximum Gasteiger partial charge on any atom is 0.223 e. The van der Waals surface area contributed by atoms with E-state index < -0.39 is 0 Å². The molecule has 0 saturated carbocycles. The maximum atomic E-state index is 12.2. The number of carbonyl (C=O) groups is 2. The highest BCUT2D eigenvalue weighted by Crippen LogP contribution is 2.12. The fraction of sp³-hybridized carbons (Fsp3) is 0.556. The second kappa shape index (κ2) is 8.67. The molecule has 126 valence electrons. The zero-order valence-electron chi connectivity index (χ0n) is 14.1. The molecule has 23 heavy (non-hydrogen) atoms. The highest BCUT2D eigenvalue weighted by atomic mass is 16.2. The number of carbonyl (C=O) groups excluding carboxylic acids is 2. The Bertz CT molecular complexity index is 518. The van der Waals surface area contributed by atoms with E-state index in [-0.39, 0.29) is 30.7 Å². The van der Waals surface area contributed by atoms with Crippen molar-refractivity contribution >= 4 is 11.8 Å². The van der Waals surface area contributed by atoms with Gasteiger partial charge in [-0.2, -0.15) is 0 Å². The van der Waals surface area contributed by atoms with Gasteiger partial charge in [0.05, 0.1) is 6.04 Å². The molecule has 1 aliphatic heterocycles. The summed E-state index contributed by atoms with van der Waals surface area (Å²) in [7, 11) is 2.08. The number of nitrogens with zero attached hydrogens (tertiary/aromatic N) is 2. The Balaban J connectivity index is 1.74. The number of hydrogen-bond donors (Lipinski definition) is 1. The third-order valence-corrected chi connectivity index (χ3v) is 4.32. The molecule has 2 amide bonds. The number of rotatable bonds is 5. The van der Waals surface area contributed by atoms with Crippen molar-refractivity contribution in [3.05, 3.63) is 35.9 Å². The quantitative estimate of drug-likeness (QED) is 0.901. The van der Waals surface area contributed by atoms with E-state index in [1.807, 2.05) is 42.2 Å². The van der Waals surface area contributed by atoms with E-state index >= 15 is 0 Å². The van der Waals surface area contributed by atoms with Crippen LogP contribution in [0.3, 0.4) is 0 Å². The van der Waals surface area contributed by atoms with Crippen molar-refractivity contribution in [2.24, 2.45) is 0 Å². The number of likely N-dealkylation sites (N-methyl/N-ethyl adjacent to an activating group) is 1. The highest BCUT2D eigenvalue weighted by molar-refractivity contribution is 5.84. The molecule has 1 atom stereocenters. The summed E-state index contributed by atoms with van der Waals surface area (Å²) in [6.45, 7) is 5.45. The van der Waals surface area contributed by atoms with Gasteiger partial charge in [0.1, 0.15) is 0 Å². The lowest BCUT2D eigenvalue weighted by molar-refractivity contribution is -0.133. The van der Waals surface area contributed by atoms with Crippen LogP contribution in [0, 0.1) is 0 Å². The summed E-state index contributed by atoms with van der Waals surface area (Å²) in [5.41, 5.74) is 1.07. The lowest BCUT2D eigenvalue weighted by atomic mass is 10.1. The first kappa shape index (κ1) is 17.5. The molecule has 1 saturated heterocycles. The first-order chi connectivity index (χ1) is 11.1. The SMILES string of the molecule is CC(NC(=O)CCC(=O)N1CCCN(C)CC1)c1ccccc1. The lowest BCUT2D eigenvalue weighted by Crippen LogP contribution is -2.35. The second-order valence-electron chi connectivity index (χ2n) is 6.24. The average Bonchev–Trinajstić information content (AvgIpc) is 2.78. The van der Waals surface area contributed by atoms with Crippen LogP contribution in [0.4, 0.5) is 0 Å². The van der Waals surface area contributed by atoms with Gasteiger partial charge in [0, 0.05) is 32.5 Å². The first-order valence-electron chi connectivity index (χ1n) is 8.37. The van der Waals surface area contributed by atoms with E-state index in [0.29, 0.717) is 0 Å². The number of amides is 2. The summed E-state index contributed by atoms with van der Waals surface area (Å²) >= 11 is 0. The molecule has 1 aromatic rings. The molecule has 1 heterocycles. The molecule has 2 rings (SSSR count). The number of nitrogens with one attached hydrogen (secondary N) is 1. The topological polar surface area (TPSA) is 52.7 Å². The fourth-order valence-corrected chi connectivity index (χ4v) is 2.81. The van der Waals surface area contributed by atoms with Crippen molar-refractivity contribution in [3.8, 4) is 0 Å². The van der Waals surface area contributed by atoms with E-state index in [2.05, 4.69) is 17.3 Å². The Morgan fingerprint density at radius 1 is 1.09 bits per heavy atom. The van der Waals surface area contributed by atoms with Crippen LogP contribution in [-0.2, 0) is 9.59 Å². The van der Waals surface area contributed by atoms with Crippen molar-refractivity contribution in [1.29, 1.82) is 0 Å². The molecule has 1 N–H and O–H groups in total. The molecule has 0 aromatic heterocycles. The number of benzene rings is 1. The van der Waals surface area contributed by atoms with E-state index in [9.17, 15) is 9.59 Å². The summed E-state index contributed by atoms with van der Waals surface area (Å²) in [6, 6.07) is 9.81. The van der Waals surface area contributed by atoms with Crippen LogP contribution in [-0.4, -0.2) is 54.8 Å². The molecule has 0 aliphatic carbocycles. The summed E-state index contributed by atoms with van der Waals surface area (Å²) < 4.78 is 0. The van der Waals surface area contributed by atoms with Crippen LogP contribution in [0.2, 0.25) is 0 Å². The molecular weight excluding hydrogens is 290 g/mol. The van der Waals surface area contributed by atoms with Crippen molar-refractivity contribution in [1.82, 2.24) is 15.1 Å². The first-order valence-corrected chi connectivity index (χ1v) is 8.37. The van der Waals surface area contributed by atoms with Gasteiger partial charge in [0.25, 0.3) is 0 Å². The fourth-order valence-electron chi connectivity index (χ4n) is 2.81. The van der Waals surface area contributed by atoms with Gasteiger partial charge in [0.2, 0.25) is 11.8 Å². The summed E-state index contributed by atoms with van der Waals surface area (Å²) in [4.78, 5) is 28.4. The van der Waals surface area contributed by atoms with Crippen molar-refractivity contribution < 1.29 is 9.59 Å². The molecule has 0 radical (unpaired) electrons. The molecular formula is C18H27N3O2. The Hall–Kier alpha value is -1.88. The number of hydrogen-bond acceptors (Lipinski definition) is 3. The van der Waals surface area contributed by atoms with Gasteiger partial charge in [-0.15, -0.1) is 0 Å². The Morgan fingerprint density at radius 2 is 1.83 bits per heavy atom. The zero-order chi connectivity index (χ0) is 16.7. The minimum atomic E-state index is -0.0679. The van der Waals surface area contributed by atoms with E-state index in [0.717, 1.165) is 38.2 Å². The Labute approximate surface area is 138 Å². The van der Waals surface area contributed by atoms with Crippen LogP contribution < -0.4 is 5.32 Å². The molecule has 1 aromatic carbocycles. The van der Waals surface area contributed by atoms with Gasteiger partial charge in [-0.25, -0.2) is 0 Å². The third kappa shape index (κ3) is 5.67. The van der Waals surface area contributed by atoms with Crippen LogP contribution >= 0.6 is 0 Å². The Morgan fingerprint density at radius 3 is 2.57 bits per heavy atom. The van der Waals surface area contributed by atoms with Gasteiger partial charge in [-0.05, 0) is 32.5 Å². The van der Waals surface area contributed by atoms with Gasteiger partial charge in [-0.1, -0.05) is 30.3 Å². The monoisotopic (exact) mass is 317 g/mol. The average molecular weight is 317 g/mol. The van der Waals surface area contributed by atoms with Crippen LogP contribution in [0.5, 0.6) is 0 Å². The minimum Gasteiger partial charge on any atom is -0.350 e. The Kier molecular flexibility index (Phi) is 6.59. The van der Waals surface area contributed by atoms with Crippen LogP contribution in [0.25, 0.3) is 0 Å². The molecule has 1 unspecified atom stereocenters. The van der Waals surface area contributed by atoms with E-state index in [1.165, 1.54) is 0 Å². The predicted molar refractivity (Wildman–Crippen MR) is 90.9 cm³/mol. The zero-order valence-corrected chi connectivity index (χ0v) is 14.1. The van der Waals surface area contributed by atoms with Gasteiger partial charge >= 0.3 is 0 Å². The summed E-state index contributed by atoms with van der Waals surface area (Å²) in [6.07, 6.45) is 1.54. The van der Waals surface area contributed by atoms with Gasteiger partial charge < -0.3 is 15.1 Å². The van der Waals surface area contributed by atoms with Gasteiger partial charge in [-0.3, -0.25) is 9.59 Å².